The Balaban J connectivity index is 2.37. The number of carbonyl (C=O) groups is 10. The number of aliphatic hydroxyl groups excluding tert-OH is 1. The highest BCUT2D eigenvalue weighted by molar-refractivity contribution is 7.46. The Bertz CT molecular complexity index is 1980. The van der Waals surface area contributed by atoms with Crippen LogP contribution in [0.5, 0.6) is 0 Å². The third-order valence-corrected chi connectivity index (χ3v) is 12.3. The molecular weight excluding hydrogens is 958 g/mol. The highest BCUT2D eigenvalue weighted by Gasteiger charge is 2.42. The van der Waals surface area contributed by atoms with Crippen molar-refractivity contribution >= 4 is 73.2 Å². The molecule has 2 rings (SSSR count). The number of rotatable bonds is 29. The van der Waals surface area contributed by atoms with Gasteiger partial charge in [-0.1, -0.05) is 27.7 Å². The van der Waals surface area contributed by atoms with Gasteiger partial charge in [0.15, 0.2) is 5.96 Å². The summed E-state index contributed by atoms with van der Waals surface area (Å²) in [5.74, 6) is -8.83. The van der Waals surface area contributed by atoms with Crippen LogP contribution in [0, 0.1) is 11.8 Å². The fourth-order valence-electron chi connectivity index (χ4n) is 7.93. The molecule has 28 nitrogen and oxygen atoms in total. The molecule has 0 saturated carbocycles. The first kappa shape index (κ1) is 61.3. The molecule has 2 saturated heterocycles. The Hall–Kier alpha value is -5.80. The fourth-order valence-corrected chi connectivity index (χ4v) is 8.49. The first-order valence-corrected chi connectivity index (χ1v) is 25.0. The number of carbonyl (C=O) groups excluding carboxylic acids is 10. The molecule has 0 aromatic carbocycles. The zero-order valence-corrected chi connectivity index (χ0v) is 41.9. The lowest BCUT2D eigenvalue weighted by atomic mass is 10.0. The predicted molar refractivity (Wildman–Crippen MR) is 253 cm³/mol. The monoisotopic (exact) mass is 1030 g/mol. The Morgan fingerprint density at radius 1 is 0.732 bits per heavy atom. The van der Waals surface area contributed by atoms with E-state index in [1.807, 2.05) is 0 Å². The van der Waals surface area contributed by atoms with Crippen LogP contribution in [0.4, 0.5) is 0 Å². The predicted octanol–water partition coefficient (Wildman–Crippen LogP) is -5.07. The summed E-state index contributed by atoms with van der Waals surface area (Å²) in [6, 6.07) is -12.0. The van der Waals surface area contributed by atoms with E-state index < -0.39 is 147 Å². The lowest BCUT2D eigenvalue weighted by Crippen LogP contribution is -2.62. The SMILES string of the molecule is CC(C)C[C@H](NC(=O)[C@H](CCCN=C(N)N)NC(=O)[C@@H](N)CO)C(=O)N[C@@H](CCC(N)=O)C(=O)N[C@H](C(=O)N[C@@H](C)C(=O)N1CCC[C@H]1C(=O)N[C@H](C(=O)N1CCC[C@H]1C=O)C(C)C)[C@@H](C)OP(=O)(O)O. The molecule has 402 valence electrons. The molecule has 17 N–H and O–H groups in total. The maximum atomic E-state index is 14.0. The molecule has 29 heteroatoms. The highest BCUT2D eigenvalue weighted by atomic mass is 31.2. The lowest BCUT2D eigenvalue weighted by Gasteiger charge is -2.32. The minimum absolute atomic E-state index is 0.0486. The number of nitrogens with one attached hydrogen (secondary N) is 6. The first-order chi connectivity index (χ1) is 33.1. The van der Waals surface area contributed by atoms with Crippen LogP contribution >= 0.6 is 7.82 Å². The average molecular weight is 1030 g/mol. The number of primary amides is 1. The van der Waals surface area contributed by atoms with E-state index in [-0.39, 0.29) is 50.7 Å². The van der Waals surface area contributed by atoms with E-state index in [0.717, 1.165) is 6.92 Å². The van der Waals surface area contributed by atoms with E-state index in [4.69, 9.17) is 27.5 Å². The molecule has 2 fully saturated rings. The van der Waals surface area contributed by atoms with Crippen molar-refractivity contribution in [3.8, 4) is 0 Å². The molecule has 9 amide bonds. The van der Waals surface area contributed by atoms with Gasteiger partial charge in [-0.3, -0.25) is 52.7 Å². The maximum Gasteiger partial charge on any atom is 0.469 e. The van der Waals surface area contributed by atoms with Crippen molar-refractivity contribution in [1.82, 2.24) is 41.7 Å². The molecule has 0 bridgehead atoms. The summed E-state index contributed by atoms with van der Waals surface area (Å²) in [6.45, 7) is 8.85. The van der Waals surface area contributed by atoms with Crippen molar-refractivity contribution in [3.63, 3.8) is 0 Å². The van der Waals surface area contributed by atoms with Gasteiger partial charge >= 0.3 is 7.82 Å². The molecule has 71 heavy (non-hydrogen) atoms. The van der Waals surface area contributed by atoms with E-state index in [0.29, 0.717) is 32.1 Å². The van der Waals surface area contributed by atoms with Crippen LogP contribution in [0.3, 0.4) is 0 Å². The van der Waals surface area contributed by atoms with Crippen LogP contribution in [0.1, 0.15) is 99.3 Å². The number of phosphoric ester groups is 1. The number of hydrogen-bond acceptors (Lipinski definition) is 15. The van der Waals surface area contributed by atoms with Crippen LogP contribution < -0.4 is 54.8 Å². The van der Waals surface area contributed by atoms with Gasteiger partial charge in [0, 0.05) is 26.1 Å². The molecular formula is C42H74N13O15P. The molecule has 0 aromatic rings. The Morgan fingerprint density at radius 3 is 1.86 bits per heavy atom. The van der Waals surface area contributed by atoms with E-state index in [1.165, 1.54) is 16.7 Å². The molecule has 0 spiro atoms. The first-order valence-electron chi connectivity index (χ1n) is 23.4. The van der Waals surface area contributed by atoms with Crippen molar-refractivity contribution in [2.24, 2.45) is 39.8 Å². The number of amides is 9. The van der Waals surface area contributed by atoms with E-state index in [2.05, 4.69) is 36.9 Å². The van der Waals surface area contributed by atoms with E-state index >= 15 is 0 Å². The quantitative estimate of drug-likeness (QED) is 0.0110. The maximum absolute atomic E-state index is 14.0. The Labute approximate surface area is 411 Å². The number of hydrogen-bond donors (Lipinski definition) is 13. The van der Waals surface area contributed by atoms with Gasteiger partial charge in [-0.15, -0.1) is 0 Å². The number of aliphatic hydroxyl groups is 1. The largest absolute Gasteiger partial charge is 0.469 e. The van der Waals surface area contributed by atoms with Crippen LogP contribution in [-0.2, 0) is 57.0 Å². The fraction of sp³-hybridized carbons (Fsp3) is 0.738. The number of aldehydes is 1. The van der Waals surface area contributed by atoms with Crippen LogP contribution in [-0.4, -0.2) is 177 Å². The van der Waals surface area contributed by atoms with Crippen LogP contribution in [0.2, 0.25) is 0 Å². The van der Waals surface area contributed by atoms with Crippen molar-refractivity contribution < 1.29 is 71.9 Å². The van der Waals surface area contributed by atoms with Crippen molar-refractivity contribution in [2.75, 3.05) is 26.2 Å². The Kier molecular flexibility index (Phi) is 25.0. The smallest absolute Gasteiger partial charge is 0.394 e. The second-order valence-corrected chi connectivity index (χ2v) is 19.6. The molecule has 0 unspecified atom stereocenters. The normalized spacial score (nSPS) is 19.2. The van der Waals surface area contributed by atoms with Gasteiger partial charge in [0.25, 0.3) is 0 Å². The third-order valence-electron chi connectivity index (χ3n) is 11.7. The van der Waals surface area contributed by atoms with Gasteiger partial charge < -0.3 is 84.3 Å². The number of likely N-dealkylation sites (tertiary alicyclic amines) is 2. The van der Waals surface area contributed by atoms with Gasteiger partial charge in [0.2, 0.25) is 53.2 Å². The van der Waals surface area contributed by atoms with Crippen molar-refractivity contribution in [2.45, 2.75) is 160 Å². The standard InChI is InChI=1S/C42H74N13O15P/c1-21(2)18-29(51-35(60)27(11-7-15-47-42(45)46)49-34(59)26(43)20-57)37(62)50-28(13-14-31(44)58)36(61)53-33(24(6)70-71(67,68)69)39(64)48-23(5)40(65)55-17-9-12-30(55)38(63)52-32(22(3)4)41(66)54-16-8-10-25(54)19-56/h19,21-30,32-33,57H,7-18,20,43H2,1-6H3,(H2,44,58)(H,48,64)(H,49,59)(H,50,62)(H,51,60)(H,52,63)(H,53,61)(H4,45,46,47)(H2,67,68,69)/t23-,24+,25-,26-,27-,28-,29-,30-,32-,33-/m0/s1. The van der Waals surface area contributed by atoms with E-state index in [9.17, 15) is 67.4 Å². The van der Waals surface area contributed by atoms with Crippen molar-refractivity contribution in [1.29, 1.82) is 0 Å². The average Bonchev–Trinajstić information content (AvgIpc) is 3.98. The minimum atomic E-state index is -5.37. The second kappa shape index (κ2) is 28.9. The van der Waals surface area contributed by atoms with Gasteiger partial charge in [-0.25, -0.2) is 4.57 Å². The van der Waals surface area contributed by atoms with Crippen LogP contribution in [0.15, 0.2) is 4.99 Å². The summed E-state index contributed by atoms with van der Waals surface area (Å²) in [5, 5.41) is 24.1. The van der Waals surface area contributed by atoms with Gasteiger partial charge in [0.05, 0.1) is 18.8 Å². The number of phosphoric acid groups is 1. The summed E-state index contributed by atoms with van der Waals surface area (Å²) in [6.07, 6.45) is -0.431. The number of nitrogens with two attached hydrogens (primary N) is 4. The van der Waals surface area contributed by atoms with Crippen molar-refractivity contribution in [3.05, 3.63) is 0 Å². The molecule has 10 atom stereocenters. The van der Waals surface area contributed by atoms with Gasteiger partial charge in [0.1, 0.15) is 54.6 Å². The molecule has 2 aliphatic heterocycles. The van der Waals surface area contributed by atoms with Crippen LogP contribution in [0.25, 0.3) is 0 Å². The lowest BCUT2D eigenvalue weighted by molar-refractivity contribution is -0.144. The Morgan fingerprint density at radius 2 is 1.30 bits per heavy atom. The molecule has 0 aromatic heterocycles. The van der Waals surface area contributed by atoms with Gasteiger partial charge in [-0.05, 0) is 77.0 Å². The third kappa shape index (κ3) is 20.1. The number of nitrogens with zero attached hydrogens (tertiary/aromatic N) is 3. The zero-order chi connectivity index (χ0) is 53.9. The molecule has 2 aliphatic rings. The molecule has 2 heterocycles. The minimum Gasteiger partial charge on any atom is -0.394 e. The zero-order valence-electron chi connectivity index (χ0n) is 41.0. The summed E-state index contributed by atoms with van der Waals surface area (Å²) >= 11 is 0. The summed E-state index contributed by atoms with van der Waals surface area (Å²) in [5.41, 5.74) is 21.8. The topological polar surface area (TPSA) is 453 Å². The number of aliphatic imine (C=N–C) groups is 1. The summed E-state index contributed by atoms with van der Waals surface area (Å²) < 4.78 is 16.7. The summed E-state index contributed by atoms with van der Waals surface area (Å²) in [7, 11) is -5.37. The highest BCUT2D eigenvalue weighted by Crippen LogP contribution is 2.38. The molecule has 0 radical (unpaired) electrons. The second-order valence-electron chi connectivity index (χ2n) is 18.4. The van der Waals surface area contributed by atoms with Gasteiger partial charge in [-0.2, -0.15) is 0 Å². The molecule has 0 aliphatic carbocycles. The number of guanidine groups is 1. The van der Waals surface area contributed by atoms with E-state index in [1.54, 1.807) is 27.7 Å². The summed E-state index contributed by atoms with van der Waals surface area (Å²) in [4.78, 5) is 159.